The van der Waals surface area contributed by atoms with Crippen LogP contribution in [0.2, 0.25) is 0 Å². The highest BCUT2D eigenvalue weighted by Gasteiger charge is 2.16. The van der Waals surface area contributed by atoms with Crippen molar-refractivity contribution in [3.8, 4) is 0 Å². The van der Waals surface area contributed by atoms with Crippen LogP contribution in [-0.2, 0) is 19.5 Å². The minimum absolute atomic E-state index is 0.488. The van der Waals surface area contributed by atoms with E-state index in [0.29, 0.717) is 12.5 Å². The summed E-state index contributed by atoms with van der Waals surface area (Å²) in [4.78, 5) is 13.9. The van der Waals surface area contributed by atoms with Crippen molar-refractivity contribution >= 4 is 5.96 Å². The van der Waals surface area contributed by atoms with Gasteiger partial charge in [-0.1, -0.05) is 37.3 Å². The second-order valence-corrected chi connectivity index (χ2v) is 7.18. The van der Waals surface area contributed by atoms with Crippen LogP contribution >= 0.6 is 0 Å². The average Bonchev–Trinajstić information content (AvgIpc) is 2.74. The van der Waals surface area contributed by atoms with Crippen LogP contribution in [0.15, 0.2) is 53.7 Å². The molecular formula is C22H32N6. The van der Waals surface area contributed by atoms with Gasteiger partial charge in [-0.05, 0) is 29.8 Å². The van der Waals surface area contributed by atoms with Gasteiger partial charge >= 0.3 is 0 Å². The summed E-state index contributed by atoms with van der Waals surface area (Å²) in [6.07, 6.45) is 2.64. The van der Waals surface area contributed by atoms with Gasteiger partial charge in [0.2, 0.25) is 0 Å². The molecule has 6 heteroatoms. The molecule has 0 amide bonds. The Hall–Kier alpha value is -2.44. The zero-order valence-corrected chi connectivity index (χ0v) is 16.8. The molecule has 1 fully saturated rings. The molecule has 1 saturated heterocycles. The summed E-state index contributed by atoms with van der Waals surface area (Å²) in [7, 11) is 0. The van der Waals surface area contributed by atoms with Gasteiger partial charge in [0.15, 0.2) is 5.96 Å². The van der Waals surface area contributed by atoms with Crippen LogP contribution in [0.5, 0.6) is 0 Å². The van der Waals surface area contributed by atoms with E-state index in [1.807, 2.05) is 24.4 Å². The lowest BCUT2D eigenvalue weighted by molar-refractivity contribution is 0.131. The largest absolute Gasteiger partial charge is 0.370 e. The van der Waals surface area contributed by atoms with E-state index in [1.165, 1.54) is 11.1 Å². The summed E-state index contributed by atoms with van der Waals surface area (Å²) < 4.78 is 0. The number of rotatable bonds is 8. The van der Waals surface area contributed by atoms with E-state index < -0.39 is 0 Å². The van der Waals surface area contributed by atoms with E-state index in [-0.39, 0.29) is 0 Å². The van der Waals surface area contributed by atoms with E-state index in [1.54, 1.807) is 0 Å². The Balaban J connectivity index is 1.49. The molecule has 0 saturated carbocycles. The first-order chi connectivity index (χ1) is 13.7. The van der Waals surface area contributed by atoms with Crippen molar-refractivity contribution in [2.24, 2.45) is 10.7 Å². The number of pyridine rings is 1. The standard InChI is InChI=1S/C22H32N6/c1-2-27-13-15-28(16-14-27)18-20-8-4-3-7-19(20)17-26-22(23)25-12-10-21-9-5-6-11-24-21/h3-9,11H,2,10,12-18H2,1H3,(H3,23,25,26). The Morgan fingerprint density at radius 2 is 1.75 bits per heavy atom. The molecule has 1 aliphatic rings. The molecule has 6 nitrogen and oxygen atoms in total. The molecule has 0 bridgehead atoms. The quantitative estimate of drug-likeness (QED) is 0.540. The van der Waals surface area contributed by atoms with Gasteiger partial charge in [-0.25, -0.2) is 4.99 Å². The fraction of sp³-hybridized carbons (Fsp3) is 0.455. The first-order valence-electron chi connectivity index (χ1n) is 10.2. The number of nitrogens with zero attached hydrogens (tertiary/aromatic N) is 4. The van der Waals surface area contributed by atoms with Crippen molar-refractivity contribution in [3.63, 3.8) is 0 Å². The number of nitrogens with one attached hydrogen (secondary N) is 1. The number of aromatic nitrogens is 1. The summed E-state index contributed by atoms with van der Waals surface area (Å²) in [5, 5.41) is 3.19. The number of piperazine rings is 1. The molecule has 28 heavy (non-hydrogen) atoms. The van der Waals surface area contributed by atoms with Crippen molar-refractivity contribution in [1.82, 2.24) is 20.1 Å². The van der Waals surface area contributed by atoms with Gasteiger partial charge in [-0.2, -0.15) is 0 Å². The maximum Gasteiger partial charge on any atom is 0.188 e. The van der Waals surface area contributed by atoms with Crippen LogP contribution < -0.4 is 11.1 Å². The van der Waals surface area contributed by atoms with E-state index in [2.05, 4.69) is 56.3 Å². The first kappa shape index (κ1) is 20.3. The molecule has 0 radical (unpaired) electrons. The van der Waals surface area contributed by atoms with Gasteiger partial charge in [0.25, 0.3) is 0 Å². The van der Waals surface area contributed by atoms with Crippen LogP contribution in [-0.4, -0.2) is 60.0 Å². The predicted molar refractivity (Wildman–Crippen MR) is 115 cm³/mol. The molecule has 1 aliphatic heterocycles. The molecule has 1 aromatic carbocycles. The summed E-state index contributed by atoms with van der Waals surface area (Å²) >= 11 is 0. The highest BCUT2D eigenvalue weighted by atomic mass is 15.3. The van der Waals surface area contributed by atoms with E-state index >= 15 is 0 Å². The Morgan fingerprint density at radius 1 is 1.04 bits per heavy atom. The zero-order valence-electron chi connectivity index (χ0n) is 16.8. The smallest absolute Gasteiger partial charge is 0.188 e. The number of aliphatic imine (C=N–C) groups is 1. The van der Waals surface area contributed by atoms with Crippen LogP contribution in [0.4, 0.5) is 0 Å². The van der Waals surface area contributed by atoms with Crippen molar-refractivity contribution in [2.45, 2.75) is 26.4 Å². The van der Waals surface area contributed by atoms with E-state index in [9.17, 15) is 0 Å². The third-order valence-corrected chi connectivity index (χ3v) is 5.26. The minimum atomic E-state index is 0.488. The number of likely N-dealkylation sites (N-methyl/N-ethyl adjacent to an activating group) is 1. The van der Waals surface area contributed by atoms with Crippen LogP contribution in [0.1, 0.15) is 23.7 Å². The van der Waals surface area contributed by atoms with Crippen molar-refractivity contribution in [3.05, 3.63) is 65.5 Å². The minimum Gasteiger partial charge on any atom is -0.370 e. The molecule has 0 aliphatic carbocycles. The van der Waals surface area contributed by atoms with Crippen LogP contribution in [0.3, 0.4) is 0 Å². The van der Waals surface area contributed by atoms with Gasteiger partial charge in [-0.15, -0.1) is 0 Å². The topological polar surface area (TPSA) is 69.8 Å². The lowest BCUT2D eigenvalue weighted by Crippen LogP contribution is -2.45. The monoisotopic (exact) mass is 380 g/mol. The Morgan fingerprint density at radius 3 is 2.46 bits per heavy atom. The van der Waals surface area contributed by atoms with Gasteiger partial charge in [-0.3, -0.25) is 9.88 Å². The summed E-state index contributed by atoms with van der Waals surface area (Å²) in [6, 6.07) is 14.5. The second-order valence-electron chi connectivity index (χ2n) is 7.18. The number of nitrogens with two attached hydrogens (primary N) is 1. The maximum absolute atomic E-state index is 6.05. The molecule has 3 N–H and O–H groups in total. The molecular weight excluding hydrogens is 348 g/mol. The van der Waals surface area contributed by atoms with E-state index in [0.717, 1.165) is 57.9 Å². The SMILES string of the molecule is CCN1CCN(Cc2ccccc2CN=C(N)NCCc2ccccn2)CC1. The number of benzene rings is 1. The average molecular weight is 381 g/mol. The zero-order chi connectivity index (χ0) is 19.6. The Labute approximate surface area is 168 Å². The Bertz CT molecular complexity index is 738. The van der Waals surface area contributed by atoms with Crippen LogP contribution in [0.25, 0.3) is 0 Å². The second kappa shape index (κ2) is 10.8. The molecule has 3 rings (SSSR count). The molecule has 150 valence electrons. The third kappa shape index (κ3) is 6.32. The summed E-state index contributed by atoms with van der Waals surface area (Å²) in [5.74, 6) is 0.488. The number of hydrogen-bond donors (Lipinski definition) is 2. The fourth-order valence-corrected chi connectivity index (χ4v) is 3.46. The van der Waals surface area contributed by atoms with E-state index in [4.69, 9.17) is 5.73 Å². The predicted octanol–water partition coefficient (Wildman–Crippen LogP) is 1.87. The molecule has 2 heterocycles. The van der Waals surface area contributed by atoms with Crippen molar-refractivity contribution in [2.75, 3.05) is 39.3 Å². The third-order valence-electron chi connectivity index (χ3n) is 5.26. The number of hydrogen-bond acceptors (Lipinski definition) is 4. The lowest BCUT2D eigenvalue weighted by atomic mass is 10.1. The molecule has 0 atom stereocenters. The molecule has 2 aromatic rings. The normalized spacial score (nSPS) is 16.2. The van der Waals surface area contributed by atoms with Gasteiger partial charge < -0.3 is 16.0 Å². The van der Waals surface area contributed by atoms with Gasteiger partial charge in [0.1, 0.15) is 0 Å². The maximum atomic E-state index is 6.05. The molecule has 0 unspecified atom stereocenters. The van der Waals surface area contributed by atoms with Crippen LogP contribution in [0, 0.1) is 0 Å². The van der Waals surface area contributed by atoms with Crippen molar-refractivity contribution < 1.29 is 0 Å². The molecule has 0 spiro atoms. The Kier molecular flexibility index (Phi) is 7.82. The highest BCUT2D eigenvalue weighted by molar-refractivity contribution is 5.77. The highest BCUT2D eigenvalue weighted by Crippen LogP contribution is 2.14. The number of guanidine groups is 1. The van der Waals surface area contributed by atoms with Crippen molar-refractivity contribution in [1.29, 1.82) is 0 Å². The first-order valence-corrected chi connectivity index (χ1v) is 10.2. The lowest BCUT2D eigenvalue weighted by Gasteiger charge is -2.34. The van der Waals surface area contributed by atoms with Gasteiger partial charge in [0.05, 0.1) is 6.54 Å². The van der Waals surface area contributed by atoms with Gasteiger partial charge in [0, 0.05) is 57.6 Å². The summed E-state index contributed by atoms with van der Waals surface area (Å²) in [6.45, 7) is 10.3. The molecule has 1 aromatic heterocycles. The summed E-state index contributed by atoms with van der Waals surface area (Å²) in [5.41, 5.74) is 9.70. The fourth-order valence-electron chi connectivity index (χ4n) is 3.46.